The van der Waals surface area contributed by atoms with E-state index >= 15 is 0 Å². The fourth-order valence-corrected chi connectivity index (χ4v) is 3.47. The van der Waals surface area contributed by atoms with E-state index in [9.17, 15) is 0 Å². The molecule has 0 aliphatic carbocycles. The fourth-order valence-electron chi connectivity index (χ4n) is 3.28. The van der Waals surface area contributed by atoms with Gasteiger partial charge in [0.25, 0.3) is 0 Å². The number of anilines is 2. The lowest BCUT2D eigenvalue weighted by Crippen LogP contribution is -2.34. The Morgan fingerprint density at radius 3 is 2.70 bits per heavy atom. The molecule has 5 nitrogen and oxygen atoms in total. The van der Waals surface area contributed by atoms with E-state index < -0.39 is 0 Å². The molecule has 1 aliphatic heterocycles. The van der Waals surface area contributed by atoms with E-state index in [1.807, 2.05) is 43.3 Å². The predicted molar refractivity (Wildman–Crippen MR) is 115 cm³/mol. The predicted octanol–water partition coefficient (Wildman–Crippen LogP) is 3.91. The highest BCUT2D eigenvalue weighted by Gasteiger charge is 2.22. The first kappa shape index (κ1) is 19.3. The van der Waals surface area contributed by atoms with Crippen molar-refractivity contribution in [2.24, 2.45) is 5.92 Å². The second-order valence-corrected chi connectivity index (χ2v) is 6.97. The summed E-state index contributed by atoms with van der Waals surface area (Å²) in [6.45, 7) is 5.54. The minimum atomic E-state index is 0.564. The van der Waals surface area contributed by atoms with Gasteiger partial charge in [-0.05, 0) is 67.9 Å². The van der Waals surface area contributed by atoms with Gasteiger partial charge in [-0.3, -0.25) is 0 Å². The van der Waals surface area contributed by atoms with E-state index in [-0.39, 0.29) is 0 Å². The summed E-state index contributed by atoms with van der Waals surface area (Å²) in [6.07, 6.45) is 1.15. The van der Waals surface area contributed by atoms with E-state index in [1.165, 1.54) is 5.69 Å². The molecule has 1 fully saturated rings. The molecule has 1 atom stereocenters. The summed E-state index contributed by atoms with van der Waals surface area (Å²) in [7, 11) is 1.69. The third-order valence-electron chi connectivity index (χ3n) is 4.71. The zero-order chi connectivity index (χ0) is 19.1. The van der Waals surface area contributed by atoms with Gasteiger partial charge in [-0.25, -0.2) is 0 Å². The molecule has 144 valence electrons. The Morgan fingerprint density at radius 1 is 1.19 bits per heavy atom. The monoisotopic (exact) mass is 385 g/mol. The normalized spacial score (nSPS) is 16.1. The Kier molecular flexibility index (Phi) is 6.76. The molecule has 2 aromatic carbocycles. The van der Waals surface area contributed by atoms with E-state index in [1.54, 1.807) is 7.11 Å². The van der Waals surface area contributed by atoms with E-state index in [0.29, 0.717) is 17.6 Å². The van der Waals surface area contributed by atoms with Crippen LogP contribution in [0.4, 0.5) is 11.4 Å². The second-order valence-electron chi connectivity index (χ2n) is 6.56. The Balaban J connectivity index is 1.47. The van der Waals surface area contributed by atoms with Crippen LogP contribution in [0.2, 0.25) is 0 Å². The molecular formula is C21H27N3O2S. The van der Waals surface area contributed by atoms with Crippen molar-refractivity contribution < 1.29 is 9.47 Å². The average Bonchev–Trinajstić information content (AvgIpc) is 3.17. The highest BCUT2D eigenvalue weighted by molar-refractivity contribution is 7.80. The Hall–Kier alpha value is -2.47. The highest BCUT2D eigenvalue weighted by Crippen LogP contribution is 2.26. The van der Waals surface area contributed by atoms with Crippen LogP contribution in [-0.2, 0) is 0 Å². The van der Waals surface area contributed by atoms with E-state index in [0.717, 1.165) is 43.2 Å². The van der Waals surface area contributed by atoms with E-state index in [4.69, 9.17) is 21.7 Å². The second kappa shape index (κ2) is 9.46. The van der Waals surface area contributed by atoms with Crippen LogP contribution in [0, 0.1) is 5.92 Å². The third-order valence-corrected chi connectivity index (χ3v) is 4.96. The maximum Gasteiger partial charge on any atom is 0.170 e. The number of hydrogen-bond donors (Lipinski definition) is 2. The van der Waals surface area contributed by atoms with Crippen molar-refractivity contribution in [2.75, 3.05) is 43.6 Å². The Labute approximate surface area is 166 Å². The molecule has 3 rings (SSSR count). The van der Waals surface area contributed by atoms with Crippen LogP contribution in [0.25, 0.3) is 0 Å². The summed E-state index contributed by atoms with van der Waals surface area (Å²) in [6, 6.07) is 16.1. The Bertz CT molecular complexity index is 751. The standard InChI is InChI=1S/C21H27N3O2S/c1-3-26-20-7-5-4-6-19(20)23-21(27)22-14-16-12-13-24(15-16)17-8-10-18(25-2)11-9-17/h4-11,16H,3,12-15H2,1-2H3,(H2,22,23,27). The zero-order valence-corrected chi connectivity index (χ0v) is 16.7. The molecule has 0 radical (unpaired) electrons. The van der Waals surface area contributed by atoms with Gasteiger partial charge in [-0.15, -0.1) is 0 Å². The third kappa shape index (κ3) is 5.26. The van der Waals surface area contributed by atoms with Crippen molar-refractivity contribution in [3.63, 3.8) is 0 Å². The molecule has 1 saturated heterocycles. The number of thiocarbonyl (C=S) groups is 1. The minimum Gasteiger partial charge on any atom is -0.497 e. The maximum atomic E-state index is 5.63. The van der Waals surface area contributed by atoms with Crippen LogP contribution in [0.15, 0.2) is 48.5 Å². The molecule has 0 aromatic heterocycles. The molecule has 1 aliphatic rings. The van der Waals surface area contributed by atoms with Crippen LogP contribution in [0.3, 0.4) is 0 Å². The van der Waals surface area contributed by atoms with Crippen molar-refractivity contribution in [3.8, 4) is 11.5 Å². The van der Waals surface area contributed by atoms with Crippen LogP contribution < -0.4 is 25.0 Å². The van der Waals surface area contributed by atoms with Gasteiger partial charge in [0.1, 0.15) is 11.5 Å². The van der Waals surface area contributed by atoms with Gasteiger partial charge in [0.05, 0.1) is 19.4 Å². The number of benzene rings is 2. The van der Waals surface area contributed by atoms with Gasteiger partial charge < -0.3 is 25.0 Å². The van der Waals surface area contributed by atoms with Crippen molar-refractivity contribution in [3.05, 3.63) is 48.5 Å². The summed E-state index contributed by atoms with van der Waals surface area (Å²) in [4.78, 5) is 2.41. The fraction of sp³-hybridized carbons (Fsp3) is 0.381. The van der Waals surface area contributed by atoms with Gasteiger partial charge in [0.15, 0.2) is 5.11 Å². The van der Waals surface area contributed by atoms with Gasteiger partial charge in [-0.1, -0.05) is 12.1 Å². The Morgan fingerprint density at radius 2 is 1.96 bits per heavy atom. The number of para-hydroxylation sites is 2. The van der Waals surface area contributed by atoms with Crippen molar-refractivity contribution in [1.29, 1.82) is 0 Å². The van der Waals surface area contributed by atoms with Crippen molar-refractivity contribution in [2.45, 2.75) is 13.3 Å². The maximum absolute atomic E-state index is 5.63. The first-order chi connectivity index (χ1) is 13.2. The molecule has 6 heteroatoms. The first-order valence-electron chi connectivity index (χ1n) is 9.35. The summed E-state index contributed by atoms with van der Waals surface area (Å²) >= 11 is 5.46. The van der Waals surface area contributed by atoms with Crippen LogP contribution >= 0.6 is 12.2 Å². The number of nitrogens with zero attached hydrogens (tertiary/aromatic N) is 1. The first-order valence-corrected chi connectivity index (χ1v) is 9.76. The summed E-state index contributed by atoms with van der Waals surface area (Å²) in [5, 5.41) is 7.22. The summed E-state index contributed by atoms with van der Waals surface area (Å²) in [5.74, 6) is 2.27. The molecule has 0 saturated carbocycles. The topological polar surface area (TPSA) is 45.8 Å². The molecule has 0 spiro atoms. The summed E-state index contributed by atoms with van der Waals surface area (Å²) in [5.41, 5.74) is 2.13. The SMILES string of the molecule is CCOc1ccccc1NC(=S)NCC1CCN(c2ccc(OC)cc2)C1. The molecule has 2 aromatic rings. The van der Waals surface area contributed by atoms with Crippen LogP contribution in [-0.4, -0.2) is 38.5 Å². The van der Waals surface area contributed by atoms with E-state index in [2.05, 4.69) is 27.7 Å². The number of hydrogen-bond acceptors (Lipinski definition) is 4. The lowest BCUT2D eigenvalue weighted by atomic mass is 10.1. The highest BCUT2D eigenvalue weighted by atomic mass is 32.1. The van der Waals surface area contributed by atoms with Crippen LogP contribution in [0.5, 0.6) is 11.5 Å². The zero-order valence-electron chi connectivity index (χ0n) is 15.9. The molecule has 2 N–H and O–H groups in total. The number of methoxy groups -OCH3 is 1. The lowest BCUT2D eigenvalue weighted by Gasteiger charge is -2.20. The van der Waals surface area contributed by atoms with Gasteiger partial charge in [-0.2, -0.15) is 0 Å². The molecule has 27 heavy (non-hydrogen) atoms. The van der Waals surface area contributed by atoms with Gasteiger partial charge in [0, 0.05) is 25.3 Å². The largest absolute Gasteiger partial charge is 0.497 e. The number of rotatable bonds is 7. The van der Waals surface area contributed by atoms with Crippen molar-refractivity contribution >= 4 is 28.7 Å². The number of nitrogens with one attached hydrogen (secondary N) is 2. The molecule has 0 amide bonds. The smallest absolute Gasteiger partial charge is 0.170 e. The average molecular weight is 386 g/mol. The molecular weight excluding hydrogens is 358 g/mol. The number of ether oxygens (including phenoxy) is 2. The summed E-state index contributed by atoms with van der Waals surface area (Å²) < 4.78 is 10.9. The van der Waals surface area contributed by atoms with Gasteiger partial charge >= 0.3 is 0 Å². The van der Waals surface area contributed by atoms with Gasteiger partial charge in [0.2, 0.25) is 0 Å². The molecule has 1 heterocycles. The lowest BCUT2D eigenvalue weighted by molar-refractivity contribution is 0.342. The minimum absolute atomic E-state index is 0.564. The van der Waals surface area contributed by atoms with Crippen LogP contribution in [0.1, 0.15) is 13.3 Å². The van der Waals surface area contributed by atoms with Crippen molar-refractivity contribution in [1.82, 2.24) is 5.32 Å². The molecule has 1 unspecified atom stereocenters. The quantitative estimate of drug-likeness (QED) is 0.705. The molecule has 0 bridgehead atoms.